The molecule has 2 aromatic rings. The van der Waals surface area contributed by atoms with Crippen LogP contribution in [0.2, 0.25) is 0 Å². The first-order valence-electron chi connectivity index (χ1n) is 36.5. The van der Waals surface area contributed by atoms with Gasteiger partial charge in [-0.3, -0.25) is 9.35 Å². The number of likely N-dealkylation sites (N-methyl/N-ethyl adjacent to an activating group) is 1. The number of fused-ring (bicyclic) bond motifs is 2. The molecule has 4 N–H and O–H groups in total. The molecule has 16 heteroatoms. The quantitative estimate of drug-likeness (QED) is 0.0281. The first-order chi connectivity index (χ1) is 43.2. The summed E-state index contributed by atoms with van der Waals surface area (Å²) in [5.74, 6) is 7.29. The Kier molecular flexibility index (Phi) is 34.2. The summed E-state index contributed by atoms with van der Waals surface area (Å²) in [6.45, 7) is 39.6. The Morgan fingerprint density at radius 2 is 0.891 bits per heavy atom. The summed E-state index contributed by atoms with van der Waals surface area (Å²) >= 11 is 0. The van der Waals surface area contributed by atoms with Crippen molar-refractivity contribution < 1.29 is 50.8 Å². The van der Waals surface area contributed by atoms with E-state index in [-0.39, 0.29) is 29.3 Å². The molecule has 2 aliphatic heterocycles. The van der Waals surface area contributed by atoms with Crippen LogP contribution >= 0.6 is 0 Å². The summed E-state index contributed by atoms with van der Waals surface area (Å²) in [5.41, 5.74) is 7.47. The lowest BCUT2D eigenvalue weighted by atomic mass is 9.83. The summed E-state index contributed by atoms with van der Waals surface area (Å²) in [5, 5.41) is 8.99. The van der Waals surface area contributed by atoms with Gasteiger partial charge in [-0.1, -0.05) is 145 Å². The molecule has 0 aromatic heterocycles. The van der Waals surface area contributed by atoms with Crippen LogP contribution in [-0.4, -0.2) is 124 Å². The van der Waals surface area contributed by atoms with Crippen LogP contribution in [0.4, 0.5) is 9.59 Å². The Bertz CT molecular complexity index is 2570. The van der Waals surface area contributed by atoms with E-state index < -0.39 is 22.3 Å². The van der Waals surface area contributed by atoms with Gasteiger partial charge in [-0.25, -0.2) is 9.59 Å². The van der Waals surface area contributed by atoms with Gasteiger partial charge in [-0.15, -0.1) is 0 Å². The number of hydrogen-bond acceptors (Lipinski definition) is 10. The van der Waals surface area contributed by atoms with E-state index in [1.165, 1.54) is 89.9 Å². The summed E-state index contributed by atoms with van der Waals surface area (Å²) in [4.78, 5) is 42.5. The van der Waals surface area contributed by atoms with E-state index >= 15 is 0 Å². The monoisotopic (exact) mass is 1310 g/mol. The molecule has 2 aliphatic rings. The van der Waals surface area contributed by atoms with Crippen LogP contribution in [0.25, 0.3) is 0 Å². The van der Waals surface area contributed by atoms with Gasteiger partial charge in [0.15, 0.2) is 0 Å². The van der Waals surface area contributed by atoms with Crippen molar-refractivity contribution in [3.05, 3.63) is 44.5 Å². The number of carbonyl (C=O) groups excluding carboxylic acids is 3. The summed E-state index contributed by atoms with van der Waals surface area (Å²) in [6.07, 6.45) is 27.0. The van der Waals surface area contributed by atoms with Crippen molar-refractivity contribution in [2.24, 2.45) is 35.5 Å². The normalized spacial score (nSPS) is 18.0. The third kappa shape index (κ3) is 29.1. The minimum absolute atomic E-state index is 0.106. The number of carbonyl (C=O) groups is 3. The molecular formula is C76H134N5O10S+. The van der Waals surface area contributed by atoms with Crippen molar-refractivity contribution in [3.8, 4) is 23.0 Å². The second-order valence-electron chi connectivity index (χ2n) is 31.1. The number of nitrogens with zero attached hydrogens (tertiary/aromatic N) is 2. The van der Waals surface area contributed by atoms with E-state index in [2.05, 4.69) is 104 Å². The summed E-state index contributed by atoms with van der Waals surface area (Å²) in [6, 6.07) is 0. The molecule has 0 unspecified atom stereocenters. The molecule has 3 amide bonds. The number of quaternary nitrogens is 1. The molecule has 0 saturated heterocycles. The molecule has 528 valence electrons. The van der Waals surface area contributed by atoms with Crippen LogP contribution in [0.3, 0.4) is 0 Å². The van der Waals surface area contributed by atoms with E-state index in [9.17, 15) is 27.4 Å². The van der Waals surface area contributed by atoms with Gasteiger partial charge in [-0.05, 0) is 202 Å². The van der Waals surface area contributed by atoms with Crippen molar-refractivity contribution >= 4 is 28.2 Å². The zero-order valence-electron chi connectivity index (χ0n) is 61.6. The first-order valence-corrected chi connectivity index (χ1v) is 38.1. The second-order valence-corrected chi connectivity index (χ2v) is 32.7. The van der Waals surface area contributed by atoms with Gasteiger partial charge in [-0.2, -0.15) is 8.42 Å². The van der Waals surface area contributed by atoms with Crippen molar-refractivity contribution in [3.63, 3.8) is 0 Å². The van der Waals surface area contributed by atoms with E-state index in [1.54, 1.807) is 0 Å². The highest BCUT2D eigenvalue weighted by molar-refractivity contribution is 7.85. The second kappa shape index (κ2) is 39.2. The molecule has 0 radical (unpaired) electrons. The molecule has 6 atom stereocenters. The maximum Gasteiger partial charge on any atom is 0.412 e. The highest BCUT2D eigenvalue weighted by atomic mass is 32.2. The molecule has 0 aliphatic carbocycles. The number of rotatable bonds is 44. The first kappa shape index (κ1) is 80.3. The van der Waals surface area contributed by atoms with Crippen molar-refractivity contribution in [1.29, 1.82) is 0 Å². The predicted octanol–water partition coefficient (Wildman–Crippen LogP) is 17.4. The SMILES string of the molecule is Cc1c(C)c2c(c(C)c1OC(=O)NCCCN(CCCNC(=O)Oc1c(C)c(C)c3c(c1C)CC[C@@](C)(CCC[C@H](C)CCC[C@H](C)CCCC(C)C)O3)CCC(=O)NCC[N+](C)(C)CCCS(=O)(=O)O)CC[C@@](C)(CCC[C@H](C)CCC[C@H](C)CCCC(C)C)O2. The molecule has 0 bridgehead atoms. The maximum absolute atomic E-state index is 13.5. The van der Waals surface area contributed by atoms with Gasteiger partial charge in [0.25, 0.3) is 10.1 Å². The Hall–Kier alpha value is -4.12. The average Bonchev–Trinajstić information content (AvgIpc) is 0.772. The summed E-state index contributed by atoms with van der Waals surface area (Å²) in [7, 11) is -0.103. The van der Waals surface area contributed by atoms with Gasteiger partial charge in [0.05, 0.1) is 39.5 Å². The van der Waals surface area contributed by atoms with E-state index in [0.29, 0.717) is 99.4 Å². The average molecular weight is 1310 g/mol. The Morgan fingerprint density at radius 3 is 1.27 bits per heavy atom. The number of nitrogens with one attached hydrogen (secondary N) is 3. The topological polar surface area (TPSA) is 182 Å². The fourth-order valence-electron chi connectivity index (χ4n) is 14.0. The molecular weight excluding hydrogens is 1170 g/mol. The maximum atomic E-state index is 13.5. The van der Waals surface area contributed by atoms with Crippen LogP contribution in [0.5, 0.6) is 23.0 Å². The summed E-state index contributed by atoms with van der Waals surface area (Å²) < 4.78 is 58.2. The lowest BCUT2D eigenvalue weighted by Gasteiger charge is -2.38. The van der Waals surface area contributed by atoms with E-state index in [1.807, 2.05) is 41.8 Å². The van der Waals surface area contributed by atoms with E-state index in [0.717, 1.165) is 131 Å². The third-order valence-electron chi connectivity index (χ3n) is 20.8. The minimum atomic E-state index is -4.03. The fraction of sp³-hybridized carbons (Fsp3) is 0.803. The smallest absolute Gasteiger partial charge is 0.412 e. The zero-order valence-corrected chi connectivity index (χ0v) is 62.5. The van der Waals surface area contributed by atoms with Crippen LogP contribution in [0, 0.1) is 77.0 Å². The van der Waals surface area contributed by atoms with Gasteiger partial charge in [0.2, 0.25) is 5.91 Å². The predicted molar refractivity (Wildman–Crippen MR) is 380 cm³/mol. The Labute approximate surface area is 561 Å². The molecule has 0 saturated carbocycles. The van der Waals surface area contributed by atoms with Gasteiger partial charge < -0.3 is 44.3 Å². The van der Waals surface area contributed by atoms with E-state index in [4.69, 9.17) is 18.9 Å². The number of ether oxygens (including phenoxy) is 4. The zero-order chi connectivity index (χ0) is 68.4. The van der Waals surface area contributed by atoms with Crippen LogP contribution in [0.15, 0.2) is 0 Å². The third-order valence-corrected chi connectivity index (χ3v) is 21.6. The lowest BCUT2D eigenvalue weighted by molar-refractivity contribution is -0.889. The molecule has 15 nitrogen and oxygen atoms in total. The highest BCUT2D eigenvalue weighted by Crippen LogP contribution is 2.47. The standard InChI is InChI=1S/C76H133N5O10S/c1-54(2)28-19-30-56(5)32-21-34-58(7)36-23-41-75(15)43-38-66-64(13)69(60(9)62(11)71(66)90-75)88-73(83)78-45-25-48-80(50-40-68(82)77-47-52-81(17,18)51-27-53-92(85,86)87)49-26-46-79-74(84)89-70-61(10)63(12)72-67(65(70)14)39-44-76(16,91-72)42-24-37-59(8)35-22-33-57(6)31-20-29-55(3)4/h54-59H,19-53H2,1-18H3,(H3-,77,78,79,82,83,84,85,86,87)/p+1/t56-,57-,58-,59-,75-,76-/m1/s1. The molecule has 2 aromatic carbocycles. The highest BCUT2D eigenvalue weighted by Gasteiger charge is 2.37. The molecule has 2 heterocycles. The molecule has 4 rings (SSSR count). The minimum Gasteiger partial charge on any atom is -0.487 e. The number of benzene rings is 2. The Balaban J connectivity index is 1.29. The fourth-order valence-corrected chi connectivity index (χ4v) is 14.5. The van der Waals surface area contributed by atoms with Gasteiger partial charge in [0, 0.05) is 43.6 Å². The van der Waals surface area contributed by atoms with Crippen LogP contribution in [0.1, 0.15) is 268 Å². The largest absolute Gasteiger partial charge is 0.487 e. The molecule has 0 spiro atoms. The number of hydrogen-bond donors (Lipinski definition) is 4. The molecule has 0 fully saturated rings. The van der Waals surface area contributed by atoms with Gasteiger partial charge >= 0.3 is 12.2 Å². The Morgan fingerprint density at radius 1 is 0.511 bits per heavy atom. The van der Waals surface area contributed by atoms with Crippen molar-refractivity contribution in [2.45, 2.75) is 289 Å². The van der Waals surface area contributed by atoms with Crippen molar-refractivity contribution in [2.75, 3.05) is 72.2 Å². The molecule has 92 heavy (non-hydrogen) atoms. The van der Waals surface area contributed by atoms with Crippen molar-refractivity contribution in [1.82, 2.24) is 20.9 Å². The van der Waals surface area contributed by atoms with Gasteiger partial charge in [0.1, 0.15) is 34.2 Å². The lowest BCUT2D eigenvalue weighted by Crippen LogP contribution is -2.46. The number of amides is 3. The van der Waals surface area contributed by atoms with Crippen LogP contribution < -0.4 is 34.9 Å². The van der Waals surface area contributed by atoms with Crippen LogP contribution in [-0.2, 0) is 27.8 Å².